The number of hydrogen-bond donors (Lipinski definition) is 2. The van der Waals surface area contributed by atoms with E-state index in [0.29, 0.717) is 28.4 Å². The molecule has 0 amide bonds. The summed E-state index contributed by atoms with van der Waals surface area (Å²) in [5.74, 6) is 0.438. The van der Waals surface area contributed by atoms with Crippen molar-refractivity contribution in [1.29, 1.82) is 0 Å². The molecule has 2 aromatic rings. The Kier molecular flexibility index (Phi) is 2.52. The highest BCUT2D eigenvalue weighted by Gasteiger charge is 2.15. The molecule has 0 radical (unpaired) electrons. The Morgan fingerprint density at radius 1 is 1.44 bits per heavy atom. The van der Waals surface area contributed by atoms with E-state index in [1.54, 1.807) is 25.1 Å². The predicted molar refractivity (Wildman–Crippen MR) is 59.7 cm³/mol. The average Bonchev–Trinajstić information content (AvgIpc) is 2.68. The summed E-state index contributed by atoms with van der Waals surface area (Å²) < 4.78 is 19.1. The molecule has 0 fully saturated rings. The SMILES string of the molecule is COc1ccc(C)c(F)c1-c1cc(N)n[nH]1. The molecule has 1 heterocycles. The van der Waals surface area contributed by atoms with Crippen LogP contribution in [0.4, 0.5) is 10.2 Å². The minimum atomic E-state index is -0.331. The van der Waals surface area contributed by atoms with Gasteiger partial charge in [0.2, 0.25) is 0 Å². The van der Waals surface area contributed by atoms with Crippen molar-refractivity contribution in [2.24, 2.45) is 0 Å². The molecule has 0 bridgehead atoms. The van der Waals surface area contributed by atoms with Gasteiger partial charge in [-0.05, 0) is 18.6 Å². The van der Waals surface area contributed by atoms with Gasteiger partial charge in [-0.25, -0.2) is 4.39 Å². The van der Waals surface area contributed by atoms with Crippen molar-refractivity contribution in [1.82, 2.24) is 10.2 Å². The molecule has 2 rings (SSSR count). The number of benzene rings is 1. The number of aryl methyl sites for hydroxylation is 1. The maximum Gasteiger partial charge on any atom is 0.145 e. The van der Waals surface area contributed by atoms with Crippen molar-refractivity contribution in [2.45, 2.75) is 6.92 Å². The first kappa shape index (κ1) is 10.5. The number of methoxy groups -OCH3 is 1. The van der Waals surface area contributed by atoms with Gasteiger partial charge in [0.25, 0.3) is 0 Å². The summed E-state index contributed by atoms with van der Waals surface area (Å²) in [6.07, 6.45) is 0. The summed E-state index contributed by atoms with van der Waals surface area (Å²) in [5.41, 5.74) is 6.90. The first-order chi connectivity index (χ1) is 7.63. The van der Waals surface area contributed by atoms with Crippen LogP contribution in [0.25, 0.3) is 11.3 Å². The topological polar surface area (TPSA) is 63.9 Å². The van der Waals surface area contributed by atoms with Crippen molar-refractivity contribution < 1.29 is 9.13 Å². The van der Waals surface area contributed by atoms with Crippen LogP contribution in [0.3, 0.4) is 0 Å². The number of aromatic nitrogens is 2. The Morgan fingerprint density at radius 3 is 2.75 bits per heavy atom. The number of nitrogen functional groups attached to an aromatic ring is 1. The predicted octanol–water partition coefficient (Wildman–Crippen LogP) is 2.12. The lowest BCUT2D eigenvalue weighted by Gasteiger charge is -2.09. The minimum absolute atomic E-state index is 0.318. The van der Waals surface area contributed by atoms with Gasteiger partial charge in [0.15, 0.2) is 0 Å². The molecule has 0 saturated heterocycles. The van der Waals surface area contributed by atoms with Gasteiger partial charge in [-0.15, -0.1) is 0 Å². The number of nitrogens with one attached hydrogen (secondary N) is 1. The lowest BCUT2D eigenvalue weighted by molar-refractivity contribution is 0.413. The number of hydrogen-bond acceptors (Lipinski definition) is 3. The number of anilines is 1. The van der Waals surface area contributed by atoms with Crippen LogP contribution >= 0.6 is 0 Å². The summed E-state index contributed by atoms with van der Waals surface area (Å²) in [4.78, 5) is 0. The van der Waals surface area contributed by atoms with Crippen LogP contribution in [0.1, 0.15) is 5.56 Å². The van der Waals surface area contributed by atoms with Gasteiger partial charge < -0.3 is 10.5 Å². The second kappa shape index (κ2) is 3.84. The van der Waals surface area contributed by atoms with Gasteiger partial charge in [0.05, 0.1) is 18.4 Å². The lowest BCUT2D eigenvalue weighted by atomic mass is 10.1. The maximum atomic E-state index is 14.0. The van der Waals surface area contributed by atoms with Crippen molar-refractivity contribution in [2.75, 3.05) is 12.8 Å². The molecule has 0 aliphatic heterocycles. The number of aromatic amines is 1. The van der Waals surface area contributed by atoms with Gasteiger partial charge in [0, 0.05) is 6.07 Å². The zero-order chi connectivity index (χ0) is 11.7. The fourth-order valence-electron chi connectivity index (χ4n) is 1.55. The Labute approximate surface area is 92.2 Å². The van der Waals surface area contributed by atoms with E-state index in [2.05, 4.69) is 10.2 Å². The smallest absolute Gasteiger partial charge is 0.145 e. The fraction of sp³-hybridized carbons (Fsp3) is 0.182. The highest BCUT2D eigenvalue weighted by Crippen LogP contribution is 2.33. The van der Waals surface area contributed by atoms with Gasteiger partial charge in [-0.2, -0.15) is 5.10 Å². The molecule has 3 N–H and O–H groups in total. The molecule has 84 valence electrons. The molecule has 1 aromatic heterocycles. The molecule has 0 unspecified atom stereocenters. The number of H-pyrrole nitrogens is 1. The van der Waals surface area contributed by atoms with Crippen molar-refractivity contribution in [3.63, 3.8) is 0 Å². The third kappa shape index (κ3) is 1.60. The van der Waals surface area contributed by atoms with E-state index in [1.165, 1.54) is 7.11 Å². The van der Waals surface area contributed by atoms with E-state index in [-0.39, 0.29) is 5.82 Å². The van der Waals surface area contributed by atoms with Crippen LogP contribution in [0.2, 0.25) is 0 Å². The first-order valence-corrected chi connectivity index (χ1v) is 4.78. The zero-order valence-corrected chi connectivity index (χ0v) is 9.04. The molecule has 1 aromatic carbocycles. The molecule has 0 saturated carbocycles. The second-order valence-corrected chi connectivity index (χ2v) is 3.48. The highest BCUT2D eigenvalue weighted by molar-refractivity contribution is 5.70. The van der Waals surface area contributed by atoms with Gasteiger partial charge in [-0.3, -0.25) is 5.10 Å². The van der Waals surface area contributed by atoms with E-state index in [9.17, 15) is 4.39 Å². The van der Waals surface area contributed by atoms with Crippen LogP contribution in [-0.2, 0) is 0 Å². The summed E-state index contributed by atoms with van der Waals surface area (Å²) in [5, 5.41) is 6.44. The molecular weight excluding hydrogens is 209 g/mol. The fourth-order valence-corrected chi connectivity index (χ4v) is 1.55. The average molecular weight is 221 g/mol. The normalized spacial score (nSPS) is 10.4. The molecule has 0 aliphatic carbocycles. The zero-order valence-electron chi connectivity index (χ0n) is 9.04. The molecule has 0 spiro atoms. The Balaban J connectivity index is 2.66. The standard InChI is InChI=1S/C11H12FN3O/c1-6-3-4-8(16-2)10(11(6)12)7-5-9(13)15-14-7/h3-5H,1-2H3,(H3,13,14,15). The van der Waals surface area contributed by atoms with Gasteiger partial charge in [0.1, 0.15) is 17.4 Å². The lowest BCUT2D eigenvalue weighted by Crippen LogP contribution is -1.94. The van der Waals surface area contributed by atoms with Crippen LogP contribution < -0.4 is 10.5 Å². The molecular formula is C11H12FN3O. The Morgan fingerprint density at radius 2 is 2.19 bits per heavy atom. The van der Waals surface area contributed by atoms with Crippen LogP contribution in [0.5, 0.6) is 5.75 Å². The third-order valence-electron chi connectivity index (χ3n) is 2.38. The maximum absolute atomic E-state index is 14.0. The molecule has 16 heavy (non-hydrogen) atoms. The van der Waals surface area contributed by atoms with Crippen molar-refractivity contribution in [3.05, 3.63) is 29.6 Å². The monoisotopic (exact) mass is 221 g/mol. The molecule has 4 nitrogen and oxygen atoms in total. The quantitative estimate of drug-likeness (QED) is 0.816. The number of nitrogens with two attached hydrogens (primary N) is 1. The minimum Gasteiger partial charge on any atom is -0.496 e. The summed E-state index contributed by atoms with van der Waals surface area (Å²) in [6, 6.07) is 4.95. The van der Waals surface area contributed by atoms with E-state index in [1.807, 2.05) is 0 Å². The third-order valence-corrected chi connectivity index (χ3v) is 2.38. The van der Waals surface area contributed by atoms with E-state index in [4.69, 9.17) is 10.5 Å². The number of halogens is 1. The Hall–Kier alpha value is -2.04. The van der Waals surface area contributed by atoms with Crippen LogP contribution in [0.15, 0.2) is 18.2 Å². The van der Waals surface area contributed by atoms with E-state index >= 15 is 0 Å². The van der Waals surface area contributed by atoms with Gasteiger partial charge >= 0.3 is 0 Å². The Bertz CT molecular complexity index is 522. The van der Waals surface area contributed by atoms with E-state index < -0.39 is 0 Å². The molecule has 5 heteroatoms. The first-order valence-electron chi connectivity index (χ1n) is 4.78. The van der Waals surface area contributed by atoms with Crippen molar-refractivity contribution >= 4 is 5.82 Å². The van der Waals surface area contributed by atoms with Crippen molar-refractivity contribution in [3.8, 4) is 17.0 Å². The summed E-state index contributed by atoms with van der Waals surface area (Å²) in [6.45, 7) is 1.69. The highest BCUT2D eigenvalue weighted by atomic mass is 19.1. The second-order valence-electron chi connectivity index (χ2n) is 3.48. The summed E-state index contributed by atoms with van der Waals surface area (Å²) in [7, 11) is 1.49. The number of nitrogens with zero attached hydrogens (tertiary/aromatic N) is 1. The van der Waals surface area contributed by atoms with Crippen LogP contribution in [-0.4, -0.2) is 17.3 Å². The summed E-state index contributed by atoms with van der Waals surface area (Å²) >= 11 is 0. The number of ether oxygens (including phenoxy) is 1. The largest absolute Gasteiger partial charge is 0.496 e. The molecule has 0 atom stereocenters. The van der Waals surface area contributed by atoms with Gasteiger partial charge in [-0.1, -0.05) is 6.07 Å². The van der Waals surface area contributed by atoms with Crippen LogP contribution in [0, 0.1) is 12.7 Å². The molecule has 0 aliphatic rings. The number of rotatable bonds is 2. The van der Waals surface area contributed by atoms with E-state index in [0.717, 1.165) is 0 Å².